The SMILES string of the molecule is CC1C=CC2=C(C1)C(O)C=CC2O. The van der Waals surface area contributed by atoms with E-state index in [1.54, 1.807) is 12.2 Å². The molecule has 0 spiro atoms. The molecule has 2 aliphatic rings. The normalized spacial score (nSPS) is 37.9. The fourth-order valence-electron chi connectivity index (χ4n) is 1.92. The van der Waals surface area contributed by atoms with Crippen LogP contribution in [0.5, 0.6) is 0 Å². The molecule has 0 fully saturated rings. The zero-order valence-electron chi connectivity index (χ0n) is 7.64. The highest BCUT2D eigenvalue weighted by Gasteiger charge is 2.24. The zero-order chi connectivity index (χ0) is 9.42. The van der Waals surface area contributed by atoms with Crippen LogP contribution in [-0.2, 0) is 0 Å². The maximum absolute atomic E-state index is 9.65. The van der Waals surface area contributed by atoms with Crippen LogP contribution in [0.1, 0.15) is 13.3 Å². The summed E-state index contributed by atoms with van der Waals surface area (Å²) in [4.78, 5) is 0. The molecular weight excluding hydrogens is 164 g/mol. The van der Waals surface area contributed by atoms with Gasteiger partial charge in [-0.2, -0.15) is 0 Å². The second-order valence-corrected chi connectivity index (χ2v) is 3.80. The Hall–Kier alpha value is -0.860. The molecule has 0 aliphatic heterocycles. The van der Waals surface area contributed by atoms with Gasteiger partial charge in [0.05, 0.1) is 12.2 Å². The second-order valence-electron chi connectivity index (χ2n) is 3.80. The molecule has 3 unspecified atom stereocenters. The first-order valence-corrected chi connectivity index (χ1v) is 4.64. The zero-order valence-corrected chi connectivity index (χ0v) is 7.64. The Labute approximate surface area is 77.9 Å². The van der Waals surface area contributed by atoms with Crippen LogP contribution in [0.25, 0.3) is 0 Å². The van der Waals surface area contributed by atoms with Crippen molar-refractivity contribution < 1.29 is 10.2 Å². The van der Waals surface area contributed by atoms with Crippen molar-refractivity contribution in [3.8, 4) is 0 Å². The first kappa shape index (κ1) is 8.73. The molecule has 0 aromatic heterocycles. The van der Waals surface area contributed by atoms with E-state index in [0.717, 1.165) is 17.6 Å². The van der Waals surface area contributed by atoms with Crippen LogP contribution in [0.4, 0.5) is 0 Å². The van der Waals surface area contributed by atoms with E-state index in [4.69, 9.17) is 0 Å². The minimum Gasteiger partial charge on any atom is -0.385 e. The third-order valence-corrected chi connectivity index (χ3v) is 2.67. The quantitative estimate of drug-likeness (QED) is 0.547. The van der Waals surface area contributed by atoms with Gasteiger partial charge in [0.1, 0.15) is 0 Å². The minimum atomic E-state index is -0.526. The van der Waals surface area contributed by atoms with Gasteiger partial charge in [0.2, 0.25) is 0 Å². The van der Waals surface area contributed by atoms with Crippen LogP contribution in [0.2, 0.25) is 0 Å². The molecule has 2 nitrogen and oxygen atoms in total. The van der Waals surface area contributed by atoms with Crippen LogP contribution >= 0.6 is 0 Å². The summed E-state index contributed by atoms with van der Waals surface area (Å²) >= 11 is 0. The summed E-state index contributed by atoms with van der Waals surface area (Å²) in [6, 6.07) is 0. The van der Waals surface area contributed by atoms with E-state index in [9.17, 15) is 10.2 Å². The Morgan fingerprint density at radius 2 is 1.85 bits per heavy atom. The molecule has 0 bridgehead atoms. The molecule has 0 saturated carbocycles. The van der Waals surface area contributed by atoms with Gasteiger partial charge in [0.15, 0.2) is 0 Å². The third-order valence-electron chi connectivity index (χ3n) is 2.67. The van der Waals surface area contributed by atoms with Crippen LogP contribution < -0.4 is 0 Å². The fourth-order valence-corrected chi connectivity index (χ4v) is 1.92. The Morgan fingerprint density at radius 1 is 1.15 bits per heavy atom. The highest BCUT2D eigenvalue weighted by Crippen LogP contribution is 2.31. The van der Waals surface area contributed by atoms with Crippen molar-refractivity contribution in [1.82, 2.24) is 0 Å². The monoisotopic (exact) mass is 178 g/mol. The van der Waals surface area contributed by atoms with E-state index < -0.39 is 12.2 Å². The summed E-state index contributed by atoms with van der Waals surface area (Å²) in [5.41, 5.74) is 1.86. The Balaban J connectivity index is 2.34. The lowest BCUT2D eigenvalue weighted by Gasteiger charge is -2.27. The molecule has 70 valence electrons. The average molecular weight is 178 g/mol. The predicted octanol–water partition coefficient (Wildman–Crippen LogP) is 1.17. The summed E-state index contributed by atoms with van der Waals surface area (Å²) in [5, 5.41) is 19.3. The fraction of sp³-hybridized carbons (Fsp3) is 0.455. The Kier molecular flexibility index (Phi) is 2.10. The smallest absolute Gasteiger partial charge is 0.0973 e. The molecule has 3 atom stereocenters. The highest BCUT2D eigenvalue weighted by molar-refractivity contribution is 5.42. The third kappa shape index (κ3) is 1.47. The minimum absolute atomic E-state index is 0.465. The largest absolute Gasteiger partial charge is 0.385 e. The summed E-state index contributed by atoms with van der Waals surface area (Å²) in [7, 11) is 0. The van der Waals surface area contributed by atoms with E-state index in [2.05, 4.69) is 13.0 Å². The van der Waals surface area contributed by atoms with Gasteiger partial charge in [-0.05, 0) is 23.5 Å². The highest BCUT2D eigenvalue weighted by atomic mass is 16.3. The van der Waals surface area contributed by atoms with E-state index in [1.165, 1.54) is 0 Å². The summed E-state index contributed by atoms with van der Waals surface area (Å²) in [6.45, 7) is 2.11. The van der Waals surface area contributed by atoms with E-state index >= 15 is 0 Å². The van der Waals surface area contributed by atoms with Crippen molar-refractivity contribution in [2.45, 2.75) is 25.6 Å². The van der Waals surface area contributed by atoms with Crippen LogP contribution in [0.3, 0.4) is 0 Å². The van der Waals surface area contributed by atoms with Crippen molar-refractivity contribution in [2.24, 2.45) is 5.92 Å². The molecule has 13 heavy (non-hydrogen) atoms. The van der Waals surface area contributed by atoms with Crippen molar-refractivity contribution in [3.05, 3.63) is 35.5 Å². The van der Waals surface area contributed by atoms with E-state index in [1.807, 2.05) is 6.08 Å². The standard InChI is InChI=1S/C11H14O2/c1-7-2-3-8-9(6-7)11(13)5-4-10(8)12/h2-5,7,10-13H,6H2,1H3. The molecular formula is C11H14O2. The second kappa shape index (κ2) is 3.13. The van der Waals surface area contributed by atoms with Gasteiger partial charge in [-0.25, -0.2) is 0 Å². The van der Waals surface area contributed by atoms with Gasteiger partial charge < -0.3 is 10.2 Å². The molecule has 0 aromatic carbocycles. The van der Waals surface area contributed by atoms with Crippen molar-refractivity contribution >= 4 is 0 Å². The van der Waals surface area contributed by atoms with Gasteiger partial charge in [0, 0.05) is 0 Å². The Morgan fingerprint density at radius 3 is 2.62 bits per heavy atom. The average Bonchev–Trinajstić information content (AvgIpc) is 2.12. The maximum Gasteiger partial charge on any atom is 0.0973 e. The molecule has 0 amide bonds. The molecule has 2 N–H and O–H groups in total. The van der Waals surface area contributed by atoms with E-state index in [0.29, 0.717) is 5.92 Å². The number of allylic oxidation sites excluding steroid dienone is 1. The van der Waals surface area contributed by atoms with Gasteiger partial charge in [0.25, 0.3) is 0 Å². The molecule has 2 heteroatoms. The molecule has 2 rings (SSSR count). The number of aliphatic hydroxyl groups excluding tert-OH is 2. The number of aliphatic hydroxyl groups is 2. The molecule has 0 aromatic rings. The molecule has 0 saturated heterocycles. The molecule has 2 aliphatic carbocycles. The Bertz CT molecular complexity index is 299. The first-order valence-electron chi connectivity index (χ1n) is 4.64. The van der Waals surface area contributed by atoms with Crippen molar-refractivity contribution in [3.63, 3.8) is 0 Å². The summed E-state index contributed by atoms with van der Waals surface area (Å²) in [6.07, 6.45) is 7.15. The van der Waals surface area contributed by atoms with Gasteiger partial charge in [-0.3, -0.25) is 0 Å². The lowest BCUT2D eigenvalue weighted by molar-refractivity contribution is 0.217. The molecule has 0 radical (unpaired) electrons. The van der Waals surface area contributed by atoms with Gasteiger partial charge in [-0.1, -0.05) is 31.2 Å². The lowest BCUT2D eigenvalue weighted by atomic mass is 9.82. The van der Waals surface area contributed by atoms with Gasteiger partial charge >= 0.3 is 0 Å². The molecule has 0 heterocycles. The van der Waals surface area contributed by atoms with Crippen LogP contribution in [-0.4, -0.2) is 22.4 Å². The summed E-state index contributed by atoms with van der Waals surface area (Å²) in [5.74, 6) is 0.465. The first-order chi connectivity index (χ1) is 6.18. The topological polar surface area (TPSA) is 40.5 Å². The summed E-state index contributed by atoms with van der Waals surface area (Å²) < 4.78 is 0. The predicted molar refractivity (Wildman–Crippen MR) is 51.1 cm³/mol. The maximum atomic E-state index is 9.65. The lowest BCUT2D eigenvalue weighted by Crippen LogP contribution is -2.24. The number of hydrogen-bond donors (Lipinski definition) is 2. The van der Waals surface area contributed by atoms with Crippen molar-refractivity contribution in [2.75, 3.05) is 0 Å². The van der Waals surface area contributed by atoms with Crippen LogP contribution in [0.15, 0.2) is 35.5 Å². The number of hydrogen-bond acceptors (Lipinski definition) is 2. The van der Waals surface area contributed by atoms with Gasteiger partial charge in [-0.15, -0.1) is 0 Å². The van der Waals surface area contributed by atoms with Crippen molar-refractivity contribution in [1.29, 1.82) is 0 Å². The van der Waals surface area contributed by atoms with E-state index in [-0.39, 0.29) is 0 Å². The van der Waals surface area contributed by atoms with Crippen LogP contribution in [0, 0.1) is 5.92 Å². The number of rotatable bonds is 0.